The third-order valence-electron chi connectivity index (χ3n) is 1.80. The summed E-state index contributed by atoms with van der Waals surface area (Å²) in [7, 11) is 3.21. The molecule has 0 heterocycles. The highest BCUT2D eigenvalue weighted by atomic mass is 79.9. The molecule has 5 heteroatoms. The molecule has 0 radical (unpaired) electrons. The first-order chi connectivity index (χ1) is 6.65. The highest BCUT2D eigenvalue weighted by Gasteiger charge is 2.14. The fourth-order valence-corrected chi connectivity index (χ4v) is 3.14. The van der Waals surface area contributed by atoms with Crippen molar-refractivity contribution in [3.8, 4) is 11.5 Å². The van der Waals surface area contributed by atoms with Crippen molar-refractivity contribution in [2.75, 3.05) is 14.2 Å². The maximum atomic E-state index is 5.82. The van der Waals surface area contributed by atoms with E-state index in [0.29, 0.717) is 17.4 Å². The minimum Gasteiger partial charge on any atom is -0.495 e. The van der Waals surface area contributed by atoms with E-state index in [2.05, 4.69) is 31.9 Å². The van der Waals surface area contributed by atoms with E-state index in [-0.39, 0.29) is 0 Å². The molecule has 0 saturated carbocycles. The van der Waals surface area contributed by atoms with Crippen molar-refractivity contribution in [1.29, 1.82) is 0 Å². The zero-order valence-corrected chi connectivity index (χ0v) is 11.7. The van der Waals surface area contributed by atoms with E-state index in [0.717, 1.165) is 14.5 Å². The summed E-state index contributed by atoms with van der Waals surface area (Å²) in [6.45, 7) is 0. The second-order valence-electron chi connectivity index (χ2n) is 2.52. The highest BCUT2D eigenvalue weighted by Crippen LogP contribution is 2.41. The standard InChI is InChI=1S/C9H9Br2ClO2/c1-13-6-3-7(14-2)9(11)5(4-12)8(6)10/h3H,4H2,1-2H3. The Balaban J connectivity index is 3.39. The number of hydrogen-bond acceptors (Lipinski definition) is 2. The van der Waals surface area contributed by atoms with Gasteiger partial charge in [0.25, 0.3) is 0 Å². The van der Waals surface area contributed by atoms with E-state index >= 15 is 0 Å². The van der Waals surface area contributed by atoms with Crippen molar-refractivity contribution in [2.24, 2.45) is 0 Å². The minimum atomic E-state index is 0.384. The van der Waals surface area contributed by atoms with Crippen molar-refractivity contribution < 1.29 is 9.47 Å². The van der Waals surface area contributed by atoms with Gasteiger partial charge in [0.05, 0.1) is 23.2 Å². The van der Waals surface area contributed by atoms with Gasteiger partial charge in [-0.3, -0.25) is 0 Å². The fourth-order valence-electron chi connectivity index (χ4n) is 1.05. The topological polar surface area (TPSA) is 18.5 Å². The lowest BCUT2D eigenvalue weighted by Gasteiger charge is -2.12. The Morgan fingerprint density at radius 1 is 1.14 bits per heavy atom. The third kappa shape index (κ3) is 2.18. The Morgan fingerprint density at radius 3 is 1.86 bits per heavy atom. The number of ether oxygens (including phenoxy) is 2. The van der Waals surface area contributed by atoms with Crippen LogP contribution in [-0.4, -0.2) is 14.2 Å². The number of rotatable bonds is 3. The molecule has 1 aromatic carbocycles. The molecule has 0 aromatic heterocycles. The Morgan fingerprint density at radius 2 is 1.57 bits per heavy atom. The molecule has 78 valence electrons. The van der Waals surface area contributed by atoms with Gasteiger partial charge in [0, 0.05) is 17.5 Å². The Hall–Kier alpha value is 0.0700. The van der Waals surface area contributed by atoms with Crippen LogP contribution in [0.3, 0.4) is 0 Å². The second kappa shape index (κ2) is 5.24. The van der Waals surface area contributed by atoms with Crippen LogP contribution in [0.15, 0.2) is 15.0 Å². The smallest absolute Gasteiger partial charge is 0.137 e. The van der Waals surface area contributed by atoms with Crippen LogP contribution in [0.4, 0.5) is 0 Å². The first-order valence-electron chi connectivity index (χ1n) is 3.80. The predicted molar refractivity (Wildman–Crippen MR) is 64.5 cm³/mol. The molecule has 0 atom stereocenters. The lowest BCUT2D eigenvalue weighted by atomic mass is 10.2. The molecule has 0 N–H and O–H groups in total. The molecule has 0 amide bonds. The van der Waals surface area contributed by atoms with Crippen LogP contribution in [0.1, 0.15) is 5.56 Å². The number of benzene rings is 1. The van der Waals surface area contributed by atoms with Gasteiger partial charge in [0.15, 0.2) is 0 Å². The van der Waals surface area contributed by atoms with Gasteiger partial charge in [-0.15, -0.1) is 11.6 Å². The van der Waals surface area contributed by atoms with Gasteiger partial charge in [0.1, 0.15) is 11.5 Å². The molecule has 1 rings (SSSR count). The molecular formula is C9H9Br2ClO2. The van der Waals surface area contributed by atoms with Gasteiger partial charge in [-0.25, -0.2) is 0 Å². The molecule has 0 aliphatic carbocycles. The van der Waals surface area contributed by atoms with Gasteiger partial charge in [-0.2, -0.15) is 0 Å². The Bertz CT molecular complexity index is 314. The maximum absolute atomic E-state index is 5.82. The largest absolute Gasteiger partial charge is 0.495 e. The molecule has 2 nitrogen and oxygen atoms in total. The summed E-state index contributed by atoms with van der Waals surface area (Å²) in [6, 6.07) is 1.80. The van der Waals surface area contributed by atoms with Gasteiger partial charge >= 0.3 is 0 Å². The van der Waals surface area contributed by atoms with Crippen molar-refractivity contribution in [3.63, 3.8) is 0 Å². The van der Waals surface area contributed by atoms with Crippen LogP contribution in [0.5, 0.6) is 11.5 Å². The Labute approximate surface area is 105 Å². The van der Waals surface area contributed by atoms with Crippen molar-refractivity contribution in [1.82, 2.24) is 0 Å². The quantitative estimate of drug-likeness (QED) is 0.773. The third-order valence-corrected chi connectivity index (χ3v) is 3.80. The second-order valence-corrected chi connectivity index (χ2v) is 4.37. The molecule has 0 saturated heterocycles. The number of hydrogen-bond donors (Lipinski definition) is 0. The fraction of sp³-hybridized carbons (Fsp3) is 0.333. The van der Waals surface area contributed by atoms with Gasteiger partial charge in [-0.1, -0.05) is 0 Å². The maximum Gasteiger partial charge on any atom is 0.137 e. The zero-order valence-electron chi connectivity index (χ0n) is 7.73. The first kappa shape index (κ1) is 12.1. The summed E-state index contributed by atoms with van der Waals surface area (Å²) in [6.07, 6.45) is 0. The van der Waals surface area contributed by atoms with Crippen LogP contribution in [0.25, 0.3) is 0 Å². The van der Waals surface area contributed by atoms with Gasteiger partial charge < -0.3 is 9.47 Å². The summed E-state index contributed by atoms with van der Waals surface area (Å²) in [5, 5.41) is 0. The lowest BCUT2D eigenvalue weighted by molar-refractivity contribution is 0.390. The summed E-state index contributed by atoms with van der Waals surface area (Å²) < 4.78 is 12.1. The SMILES string of the molecule is COc1cc(OC)c(Br)c(CCl)c1Br. The average Bonchev–Trinajstić information content (AvgIpc) is 2.19. The highest BCUT2D eigenvalue weighted by molar-refractivity contribution is 9.11. The monoisotopic (exact) mass is 342 g/mol. The van der Waals surface area contributed by atoms with E-state index in [4.69, 9.17) is 21.1 Å². The van der Waals surface area contributed by atoms with Crippen LogP contribution in [0, 0.1) is 0 Å². The molecule has 0 aliphatic rings. The number of methoxy groups -OCH3 is 2. The minimum absolute atomic E-state index is 0.384. The molecule has 0 bridgehead atoms. The predicted octanol–water partition coefficient (Wildman–Crippen LogP) is 3.97. The average molecular weight is 344 g/mol. The summed E-state index contributed by atoms with van der Waals surface area (Å²) in [5.74, 6) is 1.80. The lowest BCUT2D eigenvalue weighted by Crippen LogP contribution is -1.94. The van der Waals surface area contributed by atoms with Gasteiger partial charge in [0.2, 0.25) is 0 Å². The summed E-state index contributed by atoms with van der Waals surface area (Å²) >= 11 is 12.7. The van der Waals surface area contributed by atoms with Crippen LogP contribution < -0.4 is 9.47 Å². The van der Waals surface area contributed by atoms with Crippen LogP contribution in [-0.2, 0) is 5.88 Å². The van der Waals surface area contributed by atoms with Crippen LogP contribution in [0.2, 0.25) is 0 Å². The van der Waals surface area contributed by atoms with E-state index in [1.54, 1.807) is 20.3 Å². The number of halogens is 3. The Kier molecular flexibility index (Phi) is 4.54. The van der Waals surface area contributed by atoms with Gasteiger partial charge in [-0.05, 0) is 31.9 Å². The van der Waals surface area contributed by atoms with Crippen LogP contribution >= 0.6 is 43.5 Å². The molecule has 1 aromatic rings. The molecule has 0 unspecified atom stereocenters. The number of alkyl halides is 1. The van der Waals surface area contributed by atoms with Crippen molar-refractivity contribution >= 4 is 43.5 Å². The first-order valence-corrected chi connectivity index (χ1v) is 5.92. The summed E-state index contributed by atoms with van der Waals surface area (Å²) in [4.78, 5) is 0. The van der Waals surface area contributed by atoms with Crippen molar-refractivity contribution in [3.05, 3.63) is 20.6 Å². The molecule has 0 aliphatic heterocycles. The van der Waals surface area contributed by atoms with Crippen molar-refractivity contribution in [2.45, 2.75) is 5.88 Å². The molecule has 0 fully saturated rings. The van der Waals surface area contributed by atoms with E-state index in [1.165, 1.54) is 0 Å². The normalized spacial score (nSPS) is 10.1. The van der Waals surface area contributed by atoms with E-state index in [1.807, 2.05) is 0 Å². The summed E-state index contributed by atoms with van der Waals surface area (Å²) in [5.41, 5.74) is 0.919. The van der Waals surface area contributed by atoms with E-state index < -0.39 is 0 Å². The molecule has 0 spiro atoms. The van der Waals surface area contributed by atoms with E-state index in [9.17, 15) is 0 Å². The molecule has 14 heavy (non-hydrogen) atoms. The zero-order chi connectivity index (χ0) is 10.7. The molecular weight excluding hydrogens is 335 g/mol.